The van der Waals surface area contributed by atoms with Crippen LogP contribution >= 0.6 is 15.9 Å². The molecule has 0 saturated heterocycles. The van der Waals surface area contributed by atoms with Crippen molar-refractivity contribution < 1.29 is 8.60 Å². The van der Waals surface area contributed by atoms with Gasteiger partial charge in [-0.1, -0.05) is 22.9 Å². The van der Waals surface area contributed by atoms with Gasteiger partial charge in [0, 0.05) is 10.2 Å². The number of halogens is 2. The maximum Gasteiger partial charge on any atom is 0.148 e. The van der Waals surface area contributed by atoms with Crippen LogP contribution < -0.4 is 4.72 Å². The third kappa shape index (κ3) is 2.78. The molecular weight excluding hydrogens is 269 g/mol. The molecule has 0 aliphatic carbocycles. The Morgan fingerprint density at radius 1 is 1.57 bits per heavy atom. The summed E-state index contributed by atoms with van der Waals surface area (Å²) in [6.07, 6.45) is 0. The van der Waals surface area contributed by atoms with E-state index in [0.717, 1.165) is 5.56 Å². The van der Waals surface area contributed by atoms with Crippen molar-refractivity contribution in [2.24, 2.45) is 0 Å². The molecule has 1 rings (SSSR count). The quantitative estimate of drug-likeness (QED) is 0.906. The van der Waals surface area contributed by atoms with E-state index >= 15 is 0 Å². The Morgan fingerprint density at radius 2 is 2.21 bits per heavy atom. The van der Waals surface area contributed by atoms with Gasteiger partial charge >= 0.3 is 0 Å². The average molecular weight is 280 g/mol. The van der Waals surface area contributed by atoms with Crippen LogP contribution in [0.3, 0.4) is 0 Å². The highest BCUT2D eigenvalue weighted by molar-refractivity contribution is 9.10. The van der Waals surface area contributed by atoms with Gasteiger partial charge in [-0.3, -0.25) is 0 Å². The van der Waals surface area contributed by atoms with Crippen LogP contribution in [0.4, 0.5) is 10.1 Å². The second-order valence-corrected chi connectivity index (χ2v) is 5.14. The second kappa shape index (κ2) is 4.89. The molecule has 1 N–H and O–H groups in total. The third-order valence-corrected chi connectivity index (χ3v) is 3.56. The Kier molecular flexibility index (Phi) is 4.07. The Morgan fingerprint density at radius 3 is 2.79 bits per heavy atom. The fourth-order valence-corrected chi connectivity index (χ4v) is 1.79. The Labute approximate surface area is 93.6 Å². The summed E-state index contributed by atoms with van der Waals surface area (Å²) in [6, 6.07) is 3.00. The topological polar surface area (TPSA) is 29.1 Å². The number of anilines is 1. The van der Waals surface area contributed by atoms with Crippen LogP contribution in [-0.4, -0.2) is 9.96 Å². The maximum atomic E-state index is 13.3. The molecule has 2 nitrogen and oxygen atoms in total. The second-order valence-electron chi connectivity index (χ2n) is 2.82. The van der Waals surface area contributed by atoms with Crippen molar-refractivity contribution in [3.8, 4) is 0 Å². The Bertz CT molecular complexity index is 370. The van der Waals surface area contributed by atoms with Gasteiger partial charge in [0.1, 0.15) is 16.8 Å². The maximum absolute atomic E-state index is 13.3. The normalized spacial score (nSPS) is 12.6. The Hall–Kier alpha value is -0.420. The van der Waals surface area contributed by atoms with Crippen LogP contribution in [0.1, 0.15) is 12.5 Å². The number of nitrogens with one attached hydrogen (secondary N) is 1. The standard InChI is InChI=1S/C9H11BrFNOS/c1-3-14(13)12-9-4-6(2)7(10)5-8(9)11/h4-5,12H,3H2,1-2H3. The number of benzene rings is 1. The number of aryl methyl sites for hydroxylation is 1. The average Bonchev–Trinajstić information content (AvgIpc) is 2.14. The lowest BCUT2D eigenvalue weighted by molar-refractivity contribution is 0.630. The molecule has 0 heterocycles. The first-order valence-electron chi connectivity index (χ1n) is 4.15. The van der Waals surface area contributed by atoms with Crippen molar-refractivity contribution in [1.82, 2.24) is 0 Å². The zero-order valence-corrected chi connectivity index (χ0v) is 10.3. The molecule has 0 spiro atoms. The molecule has 1 aromatic carbocycles. The first kappa shape index (κ1) is 11.7. The predicted octanol–water partition coefficient (Wildman–Crippen LogP) is 2.99. The van der Waals surface area contributed by atoms with Gasteiger partial charge in [0.2, 0.25) is 0 Å². The van der Waals surface area contributed by atoms with Crippen LogP contribution in [0.15, 0.2) is 16.6 Å². The van der Waals surface area contributed by atoms with Crippen molar-refractivity contribution >= 4 is 32.6 Å². The van der Waals surface area contributed by atoms with Crippen molar-refractivity contribution in [3.05, 3.63) is 28.0 Å². The highest BCUT2D eigenvalue weighted by Gasteiger charge is 2.07. The van der Waals surface area contributed by atoms with E-state index in [0.29, 0.717) is 10.2 Å². The summed E-state index contributed by atoms with van der Waals surface area (Å²) in [7, 11) is -1.21. The zero-order chi connectivity index (χ0) is 10.7. The zero-order valence-electron chi connectivity index (χ0n) is 7.93. The SMILES string of the molecule is CCS(=O)Nc1cc(C)c(Br)cc1F. The molecule has 1 unspecified atom stereocenters. The number of hydrogen-bond acceptors (Lipinski definition) is 1. The lowest BCUT2D eigenvalue weighted by Gasteiger charge is -2.07. The van der Waals surface area contributed by atoms with E-state index in [-0.39, 0.29) is 5.69 Å². The lowest BCUT2D eigenvalue weighted by Crippen LogP contribution is -2.07. The molecule has 0 radical (unpaired) electrons. The summed E-state index contributed by atoms with van der Waals surface area (Å²) in [5, 5.41) is 0. The molecule has 0 saturated carbocycles. The molecule has 0 fully saturated rings. The van der Waals surface area contributed by atoms with Gasteiger partial charge < -0.3 is 4.72 Å². The summed E-state index contributed by atoms with van der Waals surface area (Å²) < 4.78 is 27.8. The van der Waals surface area contributed by atoms with Crippen LogP contribution in [0, 0.1) is 12.7 Å². The summed E-state index contributed by atoms with van der Waals surface area (Å²) in [5.74, 6) is 0.0541. The Balaban J connectivity index is 2.98. The first-order valence-corrected chi connectivity index (χ1v) is 6.26. The fourth-order valence-electron chi connectivity index (χ4n) is 0.930. The summed E-state index contributed by atoms with van der Waals surface area (Å²) >= 11 is 3.22. The molecule has 78 valence electrons. The summed E-state index contributed by atoms with van der Waals surface area (Å²) in [4.78, 5) is 0. The van der Waals surface area contributed by atoms with E-state index in [4.69, 9.17) is 0 Å². The number of rotatable bonds is 3. The molecular formula is C9H11BrFNOS. The van der Waals surface area contributed by atoms with Gasteiger partial charge in [-0.25, -0.2) is 8.60 Å². The molecule has 0 aliphatic heterocycles. The van der Waals surface area contributed by atoms with Crippen molar-refractivity contribution in [2.45, 2.75) is 13.8 Å². The van der Waals surface area contributed by atoms with Gasteiger partial charge in [-0.05, 0) is 24.6 Å². The van der Waals surface area contributed by atoms with E-state index in [9.17, 15) is 8.60 Å². The van der Waals surface area contributed by atoms with Gasteiger partial charge in [0.05, 0.1) is 5.69 Å². The summed E-state index contributed by atoms with van der Waals surface area (Å²) in [5.41, 5.74) is 1.19. The van der Waals surface area contributed by atoms with E-state index in [1.165, 1.54) is 6.07 Å². The van der Waals surface area contributed by atoms with Crippen molar-refractivity contribution in [1.29, 1.82) is 0 Å². The fraction of sp³-hybridized carbons (Fsp3) is 0.333. The van der Waals surface area contributed by atoms with Crippen LogP contribution in [0.2, 0.25) is 0 Å². The molecule has 0 aliphatic rings. The minimum absolute atomic E-state index is 0.283. The lowest BCUT2D eigenvalue weighted by atomic mass is 10.2. The smallest absolute Gasteiger partial charge is 0.148 e. The van der Waals surface area contributed by atoms with Gasteiger partial charge in [0.15, 0.2) is 0 Å². The highest BCUT2D eigenvalue weighted by Crippen LogP contribution is 2.24. The highest BCUT2D eigenvalue weighted by atomic mass is 79.9. The number of hydrogen-bond donors (Lipinski definition) is 1. The minimum Gasteiger partial charge on any atom is -0.302 e. The van der Waals surface area contributed by atoms with Gasteiger partial charge in [-0.15, -0.1) is 0 Å². The van der Waals surface area contributed by atoms with Gasteiger partial charge in [0.25, 0.3) is 0 Å². The molecule has 1 atom stereocenters. The third-order valence-electron chi connectivity index (χ3n) is 1.73. The van der Waals surface area contributed by atoms with Crippen LogP contribution in [-0.2, 0) is 11.0 Å². The van der Waals surface area contributed by atoms with E-state index in [2.05, 4.69) is 20.7 Å². The largest absolute Gasteiger partial charge is 0.302 e. The molecule has 0 bridgehead atoms. The first-order chi connectivity index (χ1) is 6.54. The van der Waals surface area contributed by atoms with E-state index in [1.54, 1.807) is 13.0 Å². The van der Waals surface area contributed by atoms with E-state index in [1.807, 2.05) is 6.92 Å². The van der Waals surface area contributed by atoms with Crippen molar-refractivity contribution in [2.75, 3.05) is 10.5 Å². The monoisotopic (exact) mass is 279 g/mol. The molecule has 0 aromatic heterocycles. The molecule has 5 heteroatoms. The van der Waals surface area contributed by atoms with Gasteiger partial charge in [-0.2, -0.15) is 0 Å². The van der Waals surface area contributed by atoms with Crippen LogP contribution in [0.5, 0.6) is 0 Å². The van der Waals surface area contributed by atoms with Crippen molar-refractivity contribution in [3.63, 3.8) is 0 Å². The molecule has 1 aromatic rings. The van der Waals surface area contributed by atoms with E-state index < -0.39 is 16.8 Å². The minimum atomic E-state index is -1.21. The predicted molar refractivity (Wildman–Crippen MR) is 61.1 cm³/mol. The summed E-state index contributed by atoms with van der Waals surface area (Å²) in [6.45, 7) is 3.62. The molecule has 14 heavy (non-hydrogen) atoms. The van der Waals surface area contributed by atoms with Crippen LogP contribution in [0.25, 0.3) is 0 Å². The molecule has 0 amide bonds.